The van der Waals surface area contributed by atoms with Crippen LogP contribution < -0.4 is 15.2 Å². The molecule has 1 aromatic rings. The van der Waals surface area contributed by atoms with Crippen LogP contribution in [0.3, 0.4) is 0 Å². The first-order valence-electron chi connectivity index (χ1n) is 6.92. The molecular weight excluding hydrogens is 242 g/mol. The first-order valence-corrected chi connectivity index (χ1v) is 6.92. The maximum absolute atomic E-state index is 5.99. The van der Waals surface area contributed by atoms with E-state index in [1.807, 2.05) is 6.92 Å². The van der Waals surface area contributed by atoms with Crippen LogP contribution in [0.15, 0.2) is 0 Å². The van der Waals surface area contributed by atoms with Gasteiger partial charge in [-0.2, -0.15) is 0 Å². The number of nitrogens with two attached hydrogens (primary N) is 1. The summed E-state index contributed by atoms with van der Waals surface area (Å²) in [5, 5.41) is 0. The summed E-state index contributed by atoms with van der Waals surface area (Å²) in [6.45, 7) is 4.13. The summed E-state index contributed by atoms with van der Waals surface area (Å²) in [6.07, 6.45) is 2.74. The molecule has 0 saturated carbocycles. The van der Waals surface area contributed by atoms with Crippen molar-refractivity contribution < 1.29 is 14.2 Å². The first kappa shape index (κ1) is 12.8. The molecule has 4 nitrogen and oxygen atoms in total. The van der Waals surface area contributed by atoms with E-state index in [0.717, 1.165) is 44.0 Å². The molecule has 0 fully saturated rings. The third kappa shape index (κ3) is 2.09. The van der Waals surface area contributed by atoms with E-state index in [1.54, 1.807) is 7.11 Å². The lowest BCUT2D eigenvalue weighted by molar-refractivity contribution is 0.180. The molecule has 2 heterocycles. The minimum absolute atomic E-state index is 0.131. The number of benzene rings is 1. The van der Waals surface area contributed by atoms with Gasteiger partial charge in [0.15, 0.2) is 0 Å². The molecule has 4 heteroatoms. The van der Waals surface area contributed by atoms with Crippen molar-refractivity contribution >= 4 is 0 Å². The molecule has 0 spiro atoms. The predicted octanol–water partition coefficient (Wildman–Crippen LogP) is 1.59. The highest BCUT2D eigenvalue weighted by molar-refractivity contribution is 5.62. The highest BCUT2D eigenvalue weighted by atomic mass is 16.5. The van der Waals surface area contributed by atoms with Gasteiger partial charge in [0.2, 0.25) is 0 Å². The Morgan fingerprint density at radius 2 is 1.68 bits per heavy atom. The Kier molecular flexibility index (Phi) is 3.37. The van der Waals surface area contributed by atoms with E-state index in [9.17, 15) is 0 Å². The molecule has 19 heavy (non-hydrogen) atoms. The van der Waals surface area contributed by atoms with Crippen LogP contribution in [0.5, 0.6) is 11.5 Å². The fraction of sp³-hybridized carbons (Fsp3) is 0.600. The minimum Gasteiger partial charge on any atom is -0.493 e. The maximum atomic E-state index is 5.99. The lowest BCUT2D eigenvalue weighted by Gasteiger charge is -2.18. The van der Waals surface area contributed by atoms with Gasteiger partial charge in [-0.05, 0) is 13.3 Å². The fourth-order valence-electron chi connectivity index (χ4n) is 3.13. The summed E-state index contributed by atoms with van der Waals surface area (Å²) in [5.41, 5.74) is 11.0. The van der Waals surface area contributed by atoms with E-state index in [1.165, 1.54) is 22.3 Å². The van der Waals surface area contributed by atoms with E-state index in [4.69, 9.17) is 19.9 Å². The Hall–Kier alpha value is -1.26. The average molecular weight is 263 g/mol. The number of ether oxygens (including phenoxy) is 3. The molecule has 0 amide bonds. The number of fused-ring (bicyclic) bond motifs is 2. The van der Waals surface area contributed by atoms with Crippen molar-refractivity contribution in [2.75, 3.05) is 20.3 Å². The van der Waals surface area contributed by atoms with Crippen molar-refractivity contribution in [1.82, 2.24) is 0 Å². The SMILES string of the molecule is COCc1c2c(c(C[C@@H](C)N)c3c1OCC3)OCC2. The largest absolute Gasteiger partial charge is 0.493 e. The number of hydrogen-bond donors (Lipinski definition) is 1. The van der Waals surface area contributed by atoms with Crippen LogP contribution in [0.4, 0.5) is 0 Å². The van der Waals surface area contributed by atoms with Crippen LogP contribution >= 0.6 is 0 Å². The summed E-state index contributed by atoms with van der Waals surface area (Å²) in [7, 11) is 1.72. The van der Waals surface area contributed by atoms with Crippen molar-refractivity contribution in [3.8, 4) is 11.5 Å². The van der Waals surface area contributed by atoms with Crippen LogP contribution in [-0.4, -0.2) is 26.4 Å². The van der Waals surface area contributed by atoms with Gasteiger partial charge in [-0.3, -0.25) is 0 Å². The number of rotatable bonds is 4. The highest BCUT2D eigenvalue weighted by Gasteiger charge is 2.31. The van der Waals surface area contributed by atoms with Crippen LogP contribution in [0.2, 0.25) is 0 Å². The molecule has 104 valence electrons. The van der Waals surface area contributed by atoms with Gasteiger partial charge >= 0.3 is 0 Å². The maximum Gasteiger partial charge on any atom is 0.128 e. The molecular formula is C15H21NO3. The van der Waals surface area contributed by atoms with Gasteiger partial charge < -0.3 is 19.9 Å². The van der Waals surface area contributed by atoms with Gasteiger partial charge in [-0.1, -0.05) is 0 Å². The zero-order valence-corrected chi connectivity index (χ0v) is 11.6. The molecule has 2 aliphatic heterocycles. The smallest absolute Gasteiger partial charge is 0.128 e. The number of hydrogen-bond acceptors (Lipinski definition) is 4. The predicted molar refractivity (Wildman–Crippen MR) is 72.9 cm³/mol. The van der Waals surface area contributed by atoms with Gasteiger partial charge in [0.1, 0.15) is 11.5 Å². The number of methoxy groups -OCH3 is 1. The lowest BCUT2D eigenvalue weighted by atomic mass is 9.91. The van der Waals surface area contributed by atoms with E-state index in [-0.39, 0.29) is 6.04 Å². The zero-order chi connectivity index (χ0) is 13.4. The highest BCUT2D eigenvalue weighted by Crippen LogP contribution is 2.45. The first-order chi connectivity index (χ1) is 9.22. The van der Waals surface area contributed by atoms with Gasteiger partial charge in [0.25, 0.3) is 0 Å². The van der Waals surface area contributed by atoms with Crippen LogP contribution in [-0.2, 0) is 30.6 Å². The molecule has 3 rings (SSSR count). The third-order valence-electron chi connectivity index (χ3n) is 3.84. The van der Waals surface area contributed by atoms with E-state index in [0.29, 0.717) is 6.61 Å². The minimum atomic E-state index is 0.131. The van der Waals surface area contributed by atoms with Gasteiger partial charge in [0.05, 0.1) is 19.8 Å². The van der Waals surface area contributed by atoms with Crippen molar-refractivity contribution in [3.05, 3.63) is 22.3 Å². The van der Waals surface area contributed by atoms with Gasteiger partial charge in [-0.15, -0.1) is 0 Å². The zero-order valence-electron chi connectivity index (χ0n) is 11.6. The third-order valence-corrected chi connectivity index (χ3v) is 3.84. The normalized spacial score (nSPS) is 17.6. The Morgan fingerprint density at radius 1 is 1.11 bits per heavy atom. The summed E-state index contributed by atoms with van der Waals surface area (Å²) in [6, 6.07) is 0.131. The Labute approximate surface area is 113 Å². The molecule has 1 atom stereocenters. The van der Waals surface area contributed by atoms with Crippen molar-refractivity contribution in [2.24, 2.45) is 5.73 Å². The van der Waals surface area contributed by atoms with Crippen molar-refractivity contribution in [2.45, 2.75) is 38.8 Å². The molecule has 2 N–H and O–H groups in total. The second-order valence-electron chi connectivity index (χ2n) is 5.38. The van der Waals surface area contributed by atoms with E-state index < -0.39 is 0 Å². The lowest BCUT2D eigenvalue weighted by Crippen LogP contribution is -2.19. The van der Waals surface area contributed by atoms with Crippen LogP contribution in [0.25, 0.3) is 0 Å². The summed E-state index contributed by atoms with van der Waals surface area (Å²) >= 11 is 0. The summed E-state index contributed by atoms with van der Waals surface area (Å²) < 4.78 is 17.1. The molecule has 2 aliphatic rings. The van der Waals surface area contributed by atoms with Crippen LogP contribution in [0, 0.1) is 0 Å². The summed E-state index contributed by atoms with van der Waals surface area (Å²) in [4.78, 5) is 0. The monoisotopic (exact) mass is 263 g/mol. The topological polar surface area (TPSA) is 53.7 Å². The van der Waals surface area contributed by atoms with E-state index >= 15 is 0 Å². The second kappa shape index (κ2) is 5.02. The summed E-state index contributed by atoms with van der Waals surface area (Å²) in [5.74, 6) is 2.08. The molecule has 1 aromatic carbocycles. The Balaban J connectivity index is 2.16. The quantitative estimate of drug-likeness (QED) is 0.896. The molecule has 0 unspecified atom stereocenters. The van der Waals surface area contributed by atoms with Crippen LogP contribution in [0.1, 0.15) is 29.2 Å². The molecule has 0 aliphatic carbocycles. The molecule has 0 aromatic heterocycles. The second-order valence-corrected chi connectivity index (χ2v) is 5.38. The van der Waals surface area contributed by atoms with Gasteiger partial charge in [0, 0.05) is 48.2 Å². The van der Waals surface area contributed by atoms with E-state index in [2.05, 4.69) is 0 Å². The standard InChI is InChI=1S/C15H21NO3/c1-9(16)7-12-10-3-5-19-15(10)13(8-17-2)11-4-6-18-14(11)12/h9H,3-8,16H2,1-2H3/t9-/m1/s1. The van der Waals surface area contributed by atoms with Crippen molar-refractivity contribution in [3.63, 3.8) is 0 Å². The Morgan fingerprint density at radius 3 is 2.26 bits per heavy atom. The molecule has 0 bridgehead atoms. The fourth-order valence-corrected chi connectivity index (χ4v) is 3.13. The molecule has 0 saturated heterocycles. The van der Waals surface area contributed by atoms with Crippen molar-refractivity contribution in [1.29, 1.82) is 0 Å². The Bertz CT molecular complexity index is 462. The van der Waals surface area contributed by atoms with Gasteiger partial charge in [-0.25, -0.2) is 0 Å². The average Bonchev–Trinajstić information content (AvgIpc) is 3.01. The molecule has 0 radical (unpaired) electrons.